The number of hydrogen-bond donors (Lipinski definition) is 1. The Balaban J connectivity index is 1.56. The zero-order valence-corrected chi connectivity index (χ0v) is 17.5. The van der Waals surface area contributed by atoms with Gasteiger partial charge in [-0.25, -0.2) is 4.98 Å². The maximum absolute atomic E-state index is 12.2. The highest BCUT2D eigenvalue weighted by atomic mass is 32.1. The second kappa shape index (κ2) is 9.93. The molecule has 0 aliphatic heterocycles. The highest BCUT2D eigenvalue weighted by Crippen LogP contribution is 2.28. The molecule has 0 unspecified atom stereocenters. The van der Waals surface area contributed by atoms with Crippen LogP contribution in [0.25, 0.3) is 11.3 Å². The first kappa shape index (κ1) is 20.7. The fraction of sp³-hybridized carbons (Fsp3) is 0.273. The van der Waals surface area contributed by atoms with Crippen LogP contribution in [-0.2, 0) is 4.79 Å². The number of ether oxygens (including phenoxy) is 3. The van der Waals surface area contributed by atoms with Crippen LogP contribution in [0.4, 0.5) is 5.13 Å². The lowest BCUT2D eigenvalue weighted by Crippen LogP contribution is -2.20. The van der Waals surface area contributed by atoms with E-state index in [1.54, 1.807) is 12.1 Å². The van der Waals surface area contributed by atoms with E-state index in [0.717, 1.165) is 17.0 Å². The van der Waals surface area contributed by atoms with E-state index >= 15 is 0 Å². The Bertz CT molecular complexity index is 938. The van der Waals surface area contributed by atoms with Crippen molar-refractivity contribution in [1.82, 2.24) is 4.98 Å². The lowest BCUT2D eigenvalue weighted by Gasteiger charge is -2.11. The molecule has 3 rings (SSSR count). The second-order valence-corrected chi connectivity index (χ2v) is 7.30. The van der Waals surface area contributed by atoms with Crippen LogP contribution in [-0.4, -0.2) is 30.2 Å². The molecule has 0 spiro atoms. The molecule has 152 valence electrons. The maximum Gasteiger partial charge on any atom is 0.264 e. The van der Waals surface area contributed by atoms with Gasteiger partial charge < -0.3 is 14.2 Å². The van der Waals surface area contributed by atoms with Gasteiger partial charge in [0.1, 0.15) is 5.75 Å². The fourth-order valence-corrected chi connectivity index (χ4v) is 3.32. The highest BCUT2D eigenvalue weighted by Gasteiger charge is 2.11. The van der Waals surface area contributed by atoms with Gasteiger partial charge in [-0.15, -0.1) is 11.3 Å². The number of hydrogen-bond acceptors (Lipinski definition) is 6. The van der Waals surface area contributed by atoms with Crippen LogP contribution in [0.5, 0.6) is 17.2 Å². The molecule has 0 bridgehead atoms. The van der Waals surface area contributed by atoms with Gasteiger partial charge in [0.25, 0.3) is 5.91 Å². The quantitative estimate of drug-likeness (QED) is 0.535. The molecule has 29 heavy (non-hydrogen) atoms. The van der Waals surface area contributed by atoms with Crippen molar-refractivity contribution in [2.45, 2.75) is 26.9 Å². The molecule has 6 nitrogen and oxygen atoms in total. The van der Waals surface area contributed by atoms with Gasteiger partial charge in [0.15, 0.2) is 23.2 Å². The summed E-state index contributed by atoms with van der Waals surface area (Å²) in [5, 5.41) is 5.19. The average Bonchev–Trinajstić information content (AvgIpc) is 3.16. The number of carbonyl (C=O) groups excluding carboxylic acids is 1. The smallest absolute Gasteiger partial charge is 0.264 e. The Hall–Kier alpha value is -3.06. The third-order valence-corrected chi connectivity index (χ3v) is 4.54. The van der Waals surface area contributed by atoms with E-state index in [2.05, 4.69) is 10.3 Å². The number of rotatable bonds is 9. The maximum atomic E-state index is 12.2. The van der Waals surface area contributed by atoms with Crippen LogP contribution in [0, 0.1) is 0 Å². The Morgan fingerprint density at radius 3 is 2.41 bits per heavy atom. The van der Waals surface area contributed by atoms with Crippen molar-refractivity contribution in [2.75, 3.05) is 18.5 Å². The molecular formula is C22H24N2O4S. The van der Waals surface area contributed by atoms with Gasteiger partial charge >= 0.3 is 0 Å². The van der Waals surface area contributed by atoms with Crippen LogP contribution in [0.3, 0.4) is 0 Å². The number of benzene rings is 2. The van der Waals surface area contributed by atoms with Crippen molar-refractivity contribution in [3.63, 3.8) is 0 Å². The summed E-state index contributed by atoms with van der Waals surface area (Å²) >= 11 is 1.37. The summed E-state index contributed by atoms with van der Waals surface area (Å²) in [5.74, 6) is 1.69. The van der Waals surface area contributed by atoms with Crippen molar-refractivity contribution < 1.29 is 19.0 Å². The second-order valence-electron chi connectivity index (χ2n) is 6.45. The Kier molecular flexibility index (Phi) is 7.08. The van der Waals surface area contributed by atoms with Gasteiger partial charge in [-0.05, 0) is 57.2 Å². The molecule has 0 saturated carbocycles. The Morgan fingerprint density at radius 1 is 1.07 bits per heavy atom. The van der Waals surface area contributed by atoms with Crippen molar-refractivity contribution in [2.24, 2.45) is 0 Å². The molecule has 0 aliphatic carbocycles. The number of aromatic nitrogens is 1. The fourth-order valence-electron chi connectivity index (χ4n) is 2.58. The van der Waals surface area contributed by atoms with Gasteiger partial charge in [0.05, 0.1) is 18.4 Å². The summed E-state index contributed by atoms with van der Waals surface area (Å²) in [6, 6.07) is 15.0. The summed E-state index contributed by atoms with van der Waals surface area (Å²) in [7, 11) is 0. The summed E-state index contributed by atoms with van der Waals surface area (Å²) in [6.07, 6.45) is 0.129. The van der Waals surface area contributed by atoms with Gasteiger partial charge in [-0.1, -0.05) is 12.1 Å². The predicted octanol–water partition coefficient (Wildman–Crippen LogP) is 5.01. The summed E-state index contributed by atoms with van der Waals surface area (Å²) in [4.78, 5) is 16.7. The minimum absolute atomic E-state index is 0.125. The van der Waals surface area contributed by atoms with E-state index in [1.165, 1.54) is 11.3 Å². The zero-order chi connectivity index (χ0) is 20.6. The molecule has 0 saturated heterocycles. The van der Waals surface area contributed by atoms with Crippen molar-refractivity contribution in [3.05, 3.63) is 53.9 Å². The molecule has 0 atom stereocenters. The molecule has 0 aliphatic rings. The molecule has 1 N–H and O–H groups in total. The molecular weight excluding hydrogens is 388 g/mol. The summed E-state index contributed by atoms with van der Waals surface area (Å²) in [6.45, 7) is 6.28. The average molecular weight is 413 g/mol. The minimum Gasteiger partial charge on any atom is -0.491 e. The molecule has 1 heterocycles. The molecule has 1 aromatic heterocycles. The first-order chi connectivity index (χ1) is 14.0. The number of anilines is 1. The first-order valence-corrected chi connectivity index (χ1v) is 10.3. The standard InChI is InChI=1S/C22H24N2O4S/c1-4-26-19-7-5-6-8-20(19)27-13-21(25)24-22-23-18(14-29-22)16-9-11-17(12-10-16)28-15(2)3/h5-12,14-15H,4,13H2,1-3H3,(H,23,24,25). The lowest BCUT2D eigenvalue weighted by atomic mass is 10.2. The third kappa shape index (κ3) is 5.96. The van der Waals surface area contributed by atoms with Crippen LogP contribution in [0.1, 0.15) is 20.8 Å². The highest BCUT2D eigenvalue weighted by molar-refractivity contribution is 7.14. The molecule has 1 amide bonds. The lowest BCUT2D eigenvalue weighted by molar-refractivity contribution is -0.118. The van der Waals surface area contributed by atoms with Gasteiger partial charge in [0, 0.05) is 10.9 Å². The van der Waals surface area contributed by atoms with Crippen molar-refractivity contribution in [1.29, 1.82) is 0 Å². The van der Waals surface area contributed by atoms with E-state index in [1.807, 2.05) is 62.5 Å². The van der Waals surface area contributed by atoms with Crippen LogP contribution >= 0.6 is 11.3 Å². The number of amides is 1. The van der Waals surface area contributed by atoms with Crippen molar-refractivity contribution >= 4 is 22.4 Å². The van der Waals surface area contributed by atoms with Crippen LogP contribution in [0.2, 0.25) is 0 Å². The molecule has 0 fully saturated rings. The Labute approximate surface area is 174 Å². The van der Waals surface area contributed by atoms with Gasteiger partial charge in [0.2, 0.25) is 0 Å². The largest absolute Gasteiger partial charge is 0.491 e. The van der Waals surface area contributed by atoms with E-state index < -0.39 is 0 Å². The number of para-hydroxylation sites is 2. The normalized spacial score (nSPS) is 10.6. The van der Waals surface area contributed by atoms with E-state index in [4.69, 9.17) is 14.2 Å². The number of nitrogens with one attached hydrogen (secondary N) is 1. The van der Waals surface area contributed by atoms with E-state index in [9.17, 15) is 4.79 Å². The van der Waals surface area contributed by atoms with Gasteiger partial charge in [-0.3, -0.25) is 10.1 Å². The van der Waals surface area contributed by atoms with Crippen LogP contribution in [0.15, 0.2) is 53.9 Å². The molecule has 0 radical (unpaired) electrons. The van der Waals surface area contributed by atoms with E-state index in [-0.39, 0.29) is 18.6 Å². The monoisotopic (exact) mass is 412 g/mol. The molecule has 7 heteroatoms. The number of carbonyl (C=O) groups is 1. The zero-order valence-electron chi connectivity index (χ0n) is 16.7. The van der Waals surface area contributed by atoms with Gasteiger partial charge in [-0.2, -0.15) is 0 Å². The molecule has 2 aromatic carbocycles. The Morgan fingerprint density at radius 2 is 1.76 bits per heavy atom. The molecule has 3 aromatic rings. The summed E-state index contributed by atoms with van der Waals surface area (Å²) < 4.78 is 16.7. The first-order valence-electron chi connectivity index (χ1n) is 9.42. The van der Waals surface area contributed by atoms with Crippen molar-refractivity contribution in [3.8, 4) is 28.5 Å². The topological polar surface area (TPSA) is 69.7 Å². The minimum atomic E-state index is -0.280. The number of nitrogens with zero attached hydrogens (tertiary/aromatic N) is 1. The number of thiazole rings is 1. The SMILES string of the molecule is CCOc1ccccc1OCC(=O)Nc1nc(-c2ccc(OC(C)C)cc2)cs1. The third-order valence-electron chi connectivity index (χ3n) is 3.78. The van der Waals surface area contributed by atoms with Crippen LogP contribution < -0.4 is 19.5 Å². The predicted molar refractivity (Wildman–Crippen MR) is 115 cm³/mol. The van der Waals surface area contributed by atoms with E-state index in [0.29, 0.717) is 23.2 Å². The summed E-state index contributed by atoms with van der Waals surface area (Å²) in [5.41, 5.74) is 1.75.